The van der Waals surface area contributed by atoms with Gasteiger partial charge in [-0.05, 0) is 31.2 Å². The first-order valence-corrected chi connectivity index (χ1v) is 10.0. The zero-order chi connectivity index (χ0) is 20.1. The van der Waals surface area contributed by atoms with Crippen LogP contribution in [0.25, 0.3) is 11.4 Å². The number of anilines is 1. The fraction of sp³-hybridized carbons (Fsp3) is 0.0417. The summed E-state index contributed by atoms with van der Waals surface area (Å²) in [6.45, 7) is 1.83. The van der Waals surface area contributed by atoms with Crippen LogP contribution in [0.15, 0.2) is 101 Å². The predicted molar refractivity (Wildman–Crippen MR) is 117 cm³/mol. The number of rotatable bonds is 5. The summed E-state index contributed by atoms with van der Waals surface area (Å²) in [4.78, 5) is 23.9. The van der Waals surface area contributed by atoms with Crippen LogP contribution in [-0.2, 0) is 0 Å². The zero-order valence-corrected chi connectivity index (χ0v) is 16.7. The monoisotopic (exact) mass is 397 g/mol. The first-order valence-electron chi connectivity index (χ1n) is 9.23. The zero-order valence-electron chi connectivity index (χ0n) is 15.9. The normalized spacial score (nSPS) is 10.5. The highest BCUT2D eigenvalue weighted by Gasteiger charge is 2.14. The van der Waals surface area contributed by atoms with E-state index in [-0.39, 0.29) is 5.91 Å². The van der Waals surface area contributed by atoms with E-state index >= 15 is 0 Å². The van der Waals surface area contributed by atoms with E-state index < -0.39 is 0 Å². The third-order valence-corrected chi connectivity index (χ3v) is 5.45. The van der Waals surface area contributed by atoms with Crippen LogP contribution in [-0.4, -0.2) is 15.9 Å². The molecule has 4 rings (SSSR count). The largest absolute Gasteiger partial charge is 0.321 e. The van der Waals surface area contributed by atoms with Crippen molar-refractivity contribution in [3.8, 4) is 11.4 Å². The van der Waals surface area contributed by atoms with Gasteiger partial charge in [0.2, 0.25) is 0 Å². The number of amides is 1. The van der Waals surface area contributed by atoms with Crippen LogP contribution in [0.3, 0.4) is 0 Å². The van der Waals surface area contributed by atoms with Crippen molar-refractivity contribution in [2.24, 2.45) is 0 Å². The lowest BCUT2D eigenvalue weighted by atomic mass is 10.2. The second-order valence-electron chi connectivity index (χ2n) is 6.42. The molecule has 4 aromatic rings. The molecule has 0 saturated carbocycles. The maximum atomic E-state index is 12.9. The topological polar surface area (TPSA) is 54.9 Å². The summed E-state index contributed by atoms with van der Waals surface area (Å²) >= 11 is 1.61. The van der Waals surface area contributed by atoms with E-state index in [0.29, 0.717) is 17.1 Å². The van der Waals surface area contributed by atoms with Gasteiger partial charge in [0.05, 0.1) is 16.9 Å². The Morgan fingerprint density at radius 2 is 1.52 bits per heavy atom. The lowest BCUT2D eigenvalue weighted by molar-refractivity contribution is 0.102. The number of hydrogen-bond donors (Lipinski definition) is 1. The minimum absolute atomic E-state index is 0.219. The number of carbonyl (C=O) groups is 1. The molecular weight excluding hydrogens is 378 g/mol. The molecule has 0 atom stereocenters. The lowest BCUT2D eigenvalue weighted by Gasteiger charge is -2.12. The van der Waals surface area contributed by atoms with Gasteiger partial charge in [0.25, 0.3) is 5.91 Å². The molecule has 0 aliphatic rings. The van der Waals surface area contributed by atoms with Gasteiger partial charge in [0, 0.05) is 21.6 Å². The van der Waals surface area contributed by atoms with Crippen LogP contribution < -0.4 is 5.32 Å². The van der Waals surface area contributed by atoms with E-state index in [2.05, 4.69) is 15.3 Å². The van der Waals surface area contributed by atoms with Gasteiger partial charge in [-0.15, -0.1) is 0 Å². The summed E-state index contributed by atoms with van der Waals surface area (Å²) in [5, 5.41) is 3.01. The van der Waals surface area contributed by atoms with E-state index in [9.17, 15) is 4.79 Å². The molecule has 1 heterocycles. The lowest BCUT2D eigenvalue weighted by Crippen LogP contribution is -2.15. The molecule has 0 spiro atoms. The summed E-state index contributed by atoms with van der Waals surface area (Å²) in [5.74, 6) is 0.392. The minimum atomic E-state index is -0.219. The highest BCUT2D eigenvalue weighted by Crippen LogP contribution is 2.33. The first-order chi connectivity index (χ1) is 14.2. The van der Waals surface area contributed by atoms with Gasteiger partial charge in [-0.2, -0.15) is 0 Å². The molecule has 29 heavy (non-hydrogen) atoms. The van der Waals surface area contributed by atoms with Crippen LogP contribution >= 0.6 is 11.8 Å². The van der Waals surface area contributed by atoms with Crippen LogP contribution in [0.1, 0.15) is 16.1 Å². The fourth-order valence-corrected chi connectivity index (χ4v) is 3.80. The van der Waals surface area contributed by atoms with Gasteiger partial charge in [-0.3, -0.25) is 4.79 Å². The van der Waals surface area contributed by atoms with Crippen molar-refractivity contribution in [1.29, 1.82) is 0 Å². The van der Waals surface area contributed by atoms with Crippen LogP contribution in [0.4, 0.5) is 5.69 Å². The summed E-state index contributed by atoms with van der Waals surface area (Å²) < 4.78 is 0. The predicted octanol–water partition coefficient (Wildman–Crippen LogP) is 5.86. The van der Waals surface area contributed by atoms with E-state index in [1.54, 1.807) is 18.0 Å². The third-order valence-electron chi connectivity index (χ3n) is 4.36. The summed E-state index contributed by atoms with van der Waals surface area (Å²) in [5.41, 5.74) is 2.79. The molecule has 1 aromatic heterocycles. The number of nitrogens with zero attached hydrogens (tertiary/aromatic N) is 2. The van der Waals surface area contributed by atoms with Gasteiger partial charge in [-0.25, -0.2) is 9.97 Å². The van der Waals surface area contributed by atoms with Crippen molar-refractivity contribution in [2.75, 3.05) is 5.32 Å². The number of hydrogen-bond acceptors (Lipinski definition) is 4. The molecule has 142 valence electrons. The molecule has 0 aliphatic heterocycles. The van der Waals surface area contributed by atoms with E-state index in [1.807, 2.05) is 91.9 Å². The minimum Gasteiger partial charge on any atom is -0.321 e. The van der Waals surface area contributed by atoms with Crippen LogP contribution in [0.2, 0.25) is 0 Å². The summed E-state index contributed by atoms with van der Waals surface area (Å²) in [7, 11) is 0. The van der Waals surface area contributed by atoms with Crippen molar-refractivity contribution in [1.82, 2.24) is 9.97 Å². The quantitative estimate of drug-likeness (QED) is 0.458. The number of nitrogens with one attached hydrogen (secondary N) is 1. The third kappa shape index (κ3) is 4.52. The molecule has 5 heteroatoms. The van der Waals surface area contributed by atoms with Crippen molar-refractivity contribution in [3.05, 3.63) is 102 Å². The smallest absolute Gasteiger partial charge is 0.259 e. The Morgan fingerprint density at radius 1 is 0.862 bits per heavy atom. The fourth-order valence-electron chi connectivity index (χ4n) is 2.88. The Labute approximate surface area is 174 Å². The van der Waals surface area contributed by atoms with Gasteiger partial charge in [0.1, 0.15) is 0 Å². The number of carbonyl (C=O) groups excluding carboxylic acids is 1. The van der Waals surface area contributed by atoms with Crippen molar-refractivity contribution < 1.29 is 4.79 Å². The molecule has 1 N–H and O–H groups in total. The van der Waals surface area contributed by atoms with Gasteiger partial charge >= 0.3 is 0 Å². The molecule has 0 bridgehead atoms. The second kappa shape index (κ2) is 8.71. The molecular formula is C24H19N3OS. The van der Waals surface area contributed by atoms with Crippen LogP contribution in [0, 0.1) is 6.92 Å². The standard InChI is InChI=1S/C24H19N3OS/c1-17-20(16-25-23(26-17)18-10-4-2-5-11-18)24(28)27-21-14-8-9-15-22(21)29-19-12-6-3-7-13-19/h2-16H,1H3,(H,27,28). The van der Waals surface area contributed by atoms with E-state index in [1.165, 1.54) is 0 Å². The first kappa shape index (κ1) is 18.9. The molecule has 3 aromatic carbocycles. The molecule has 1 amide bonds. The summed E-state index contributed by atoms with van der Waals surface area (Å²) in [6.07, 6.45) is 1.59. The van der Waals surface area contributed by atoms with Crippen LogP contribution in [0.5, 0.6) is 0 Å². The Morgan fingerprint density at radius 3 is 2.24 bits per heavy atom. The van der Waals surface area contributed by atoms with Gasteiger partial charge < -0.3 is 5.32 Å². The average molecular weight is 398 g/mol. The Kier molecular flexibility index (Phi) is 5.68. The molecule has 0 unspecified atom stereocenters. The second-order valence-corrected chi connectivity index (χ2v) is 7.54. The Bertz CT molecular complexity index is 1130. The number of benzene rings is 3. The molecule has 0 fully saturated rings. The van der Waals surface area contributed by atoms with E-state index in [4.69, 9.17) is 0 Å². The highest BCUT2D eigenvalue weighted by molar-refractivity contribution is 7.99. The highest BCUT2D eigenvalue weighted by atomic mass is 32.2. The van der Waals surface area contributed by atoms with Crippen molar-refractivity contribution in [3.63, 3.8) is 0 Å². The molecule has 0 saturated heterocycles. The van der Waals surface area contributed by atoms with Crippen molar-refractivity contribution in [2.45, 2.75) is 16.7 Å². The van der Waals surface area contributed by atoms with Crippen molar-refractivity contribution >= 4 is 23.4 Å². The van der Waals surface area contributed by atoms with Gasteiger partial charge in [0.15, 0.2) is 5.82 Å². The SMILES string of the molecule is Cc1nc(-c2ccccc2)ncc1C(=O)Nc1ccccc1Sc1ccccc1. The molecule has 0 aliphatic carbocycles. The maximum Gasteiger partial charge on any atom is 0.259 e. The molecule has 0 radical (unpaired) electrons. The Hall–Kier alpha value is -3.44. The number of aryl methyl sites for hydroxylation is 1. The van der Waals surface area contributed by atoms with E-state index in [0.717, 1.165) is 21.0 Å². The maximum absolute atomic E-state index is 12.9. The molecule has 4 nitrogen and oxygen atoms in total. The van der Waals surface area contributed by atoms with Gasteiger partial charge in [-0.1, -0.05) is 72.4 Å². The average Bonchev–Trinajstić information content (AvgIpc) is 2.76. The number of aromatic nitrogens is 2. The Balaban J connectivity index is 1.56. The number of para-hydroxylation sites is 1. The summed E-state index contributed by atoms with van der Waals surface area (Å²) in [6, 6.07) is 27.6.